The van der Waals surface area contributed by atoms with Gasteiger partial charge >= 0.3 is 12.5 Å². The summed E-state index contributed by atoms with van der Waals surface area (Å²) >= 11 is 0. The number of rotatable bonds is 2. The first kappa shape index (κ1) is 20.5. The van der Waals surface area contributed by atoms with Crippen LogP contribution in [-0.2, 0) is 9.53 Å². The number of anilines is 1. The second kappa shape index (κ2) is 7.31. The minimum absolute atomic E-state index is 0.148. The fraction of sp³-hybridized carbons (Fsp3) is 0.300. The summed E-state index contributed by atoms with van der Waals surface area (Å²) in [6.07, 6.45) is -5.69. The third kappa shape index (κ3) is 4.79. The van der Waals surface area contributed by atoms with Crippen molar-refractivity contribution in [1.82, 2.24) is 0 Å². The lowest BCUT2D eigenvalue weighted by atomic mass is 10.0. The number of alkyl halides is 3. The second-order valence-corrected chi connectivity index (χ2v) is 7.23. The molecule has 1 aliphatic heterocycles. The zero-order chi connectivity index (χ0) is 21.4. The fourth-order valence-corrected chi connectivity index (χ4v) is 2.78. The summed E-state index contributed by atoms with van der Waals surface area (Å²) in [4.78, 5) is 25.7. The minimum atomic E-state index is -4.83. The molecule has 0 saturated heterocycles. The Morgan fingerprint density at radius 1 is 1.10 bits per heavy atom. The molecule has 154 valence electrons. The van der Waals surface area contributed by atoms with Crippen molar-refractivity contribution < 1.29 is 37.0 Å². The number of ether oxygens (including phenoxy) is 3. The van der Waals surface area contributed by atoms with E-state index in [0.29, 0.717) is 11.1 Å². The highest BCUT2D eigenvalue weighted by molar-refractivity contribution is 6.15. The quantitative estimate of drug-likeness (QED) is 0.705. The standard InChI is InChI=1S/C20H18F3NO5/c1-19(2,3)29-18(26)24-15-9-5-8-14(17(15)27-11-16(24)25)12-6-4-7-13(10-12)28-20(21,22)23/h4-10H,11H2,1-3H3. The molecule has 3 rings (SSSR count). The first-order valence-corrected chi connectivity index (χ1v) is 8.62. The van der Waals surface area contributed by atoms with E-state index >= 15 is 0 Å². The Kier molecular flexibility index (Phi) is 5.16. The summed E-state index contributed by atoms with van der Waals surface area (Å²) < 4.78 is 52.3. The van der Waals surface area contributed by atoms with Gasteiger partial charge in [0.2, 0.25) is 0 Å². The van der Waals surface area contributed by atoms with Crippen LogP contribution in [0.15, 0.2) is 42.5 Å². The van der Waals surface area contributed by atoms with E-state index in [1.807, 2.05) is 0 Å². The third-order valence-electron chi connectivity index (χ3n) is 3.78. The molecule has 0 spiro atoms. The molecule has 1 heterocycles. The zero-order valence-corrected chi connectivity index (χ0v) is 15.9. The number of fused-ring (bicyclic) bond motifs is 1. The predicted molar refractivity (Wildman–Crippen MR) is 97.8 cm³/mol. The van der Waals surface area contributed by atoms with Gasteiger partial charge in [-0.3, -0.25) is 4.79 Å². The van der Waals surface area contributed by atoms with Crippen molar-refractivity contribution in [3.63, 3.8) is 0 Å². The van der Waals surface area contributed by atoms with Crippen LogP contribution in [0.2, 0.25) is 0 Å². The molecule has 1 aliphatic rings. The summed E-state index contributed by atoms with van der Waals surface area (Å²) in [5, 5.41) is 0. The lowest BCUT2D eigenvalue weighted by Gasteiger charge is -2.31. The third-order valence-corrected chi connectivity index (χ3v) is 3.78. The first-order chi connectivity index (χ1) is 13.4. The summed E-state index contributed by atoms with van der Waals surface area (Å²) in [7, 11) is 0. The number of benzene rings is 2. The maximum Gasteiger partial charge on any atom is 0.573 e. The number of hydrogen-bond donors (Lipinski definition) is 0. The van der Waals surface area contributed by atoms with Gasteiger partial charge in [0.15, 0.2) is 12.4 Å². The fourth-order valence-electron chi connectivity index (χ4n) is 2.78. The lowest BCUT2D eigenvalue weighted by molar-refractivity contribution is -0.274. The molecule has 0 fully saturated rings. The van der Waals surface area contributed by atoms with Crippen LogP contribution in [0.25, 0.3) is 11.1 Å². The van der Waals surface area contributed by atoms with Gasteiger partial charge in [0.25, 0.3) is 5.91 Å². The van der Waals surface area contributed by atoms with Crippen LogP contribution in [0.5, 0.6) is 11.5 Å². The van der Waals surface area contributed by atoms with E-state index in [2.05, 4.69) is 4.74 Å². The van der Waals surface area contributed by atoms with Gasteiger partial charge in [0.05, 0.1) is 5.69 Å². The molecular formula is C20H18F3NO5. The van der Waals surface area contributed by atoms with Gasteiger partial charge in [0.1, 0.15) is 11.4 Å². The summed E-state index contributed by atoms with van der Waals surface area (Å²) in [5.41, 5.74) is 0.0879. The molecule has 0 saturated carbocycles. The van der Waals surface area contributed by atoms with E-state index in [-0.39, 0.29) is 11.4 Å². The molecule has 0 unspecified atom stereocenters. The van der Waals surface area contributed by atoms with Gasteiger partial charge < -0.3 is 14.2 Å². The van der Waals surface area contributed by atoms with Crippen molar-refractivity contribution in [2.75, 3.05) is 11.5 Å². The van der Waals surface area contributed by atoms with E-state index in [4.69, 9.17) is 9.47 Å². The highest BCUT2D eigenvalue weighted by atomic mass is 19.4. The van der Waals surface area contributed by atoms with Crippen LogP contribution in [0.1, 0.15) is 20.8 Å². The Morgan fingerprint density at radius 2 is 1.79 bits per heavy atom. The van der Waals surface area contributed by atoms with Crippen LogP contribution in [0.3, 0.4) is 0 Å². The SMILES string of the molecule is CC(C)(C)OC(=O)N1C(=O)COc2c(-c3cccc(OC(F)(F)F)c3)cccc21. The maximum absolute atomic E-state index is 12.5. The van der Waals surface area contributed by atoms with Crippen LogP contribution in [0.4, 0.5) is 23.7 Å². The van der Waals surface area contributed by atoms with Crippen molar-refractivity contribution in [3.8, 4) is 22.6 Å². The first-order valence-electron chi connectivity index (χ1n) is 8.62. The van der Waals surface area contributed by atoms with Crippen molar-refractivity contribution in [3.05, 3.63) is 42.5 Å². The lowest BCUT2D eigenvalue weighted by Crippen LogP contribution is -2.45. The van der Waals surface area contributed by atoms with Gasteiger partial charge in [-0.1, -0.05) is 24.3 Å². The van der Waals surface area contributed by atoms with Crippen molar-refractivity contribution in [2.45, 2.75) is 32.7 Å². The van der Waals surface area contributed by atoms with Crippen molar-refractivity contribution in [1.29, 1.82) is 0 Å². The molecule has 0 radical (unpaired) electrons. The van der Waals surface area contributed by atoms with E-state index < -0.39 is 36.3 Å². The highest BCUT2D eigenvalue weighted by Gasteiger charge is 2.36. The molecule has 0 N–H and O–H groups in total. The van der Waals surface area contributed by atoms with E-state index in [9.17, 15) is 22.8 Å². The maximum atomic E-state index is 12.5. The number of carbonyl (C=O) groups excluding carboxylic acids is 2. The Morgan fingerprint density at radius 3 is 2.45 bits per heavy atom. The highest BCUT2D eigenvalue weighted by Crippen LogP contribution is 2.42. The van der Waals surface area contributed by atoms with E-state index in [1.54, 1.807) is 39.0 Å². The normalized spacial score (nSPS) is 14.1. The molecular weight excluding hydrogens is 391 g/mol. The minimum Gasteiger partial charge on any atom is -0.481 e. The number of amides is 2. The molecule has 6 nitrogen and oxygen atoms in total. The Labute approximate surface area is 164 Å². The summed E-state index contributed by atoms with van der Waals surface area (Å²) in [6, 6.07) is 9.99. The average molecular weight is 409 g/mol. The molecule has 0 aliphatic carbocycles. The Hall–Kier alpha value is -3.23. The number of hydrogen-bond acceptors (Lipinski definition) is 5. The van der Waals surface area contributed by atoms with Gasteiger partial charge in [-0.05, 0) is 44.5 Å². The predicted octanol–water partition coefficient (Wildman–Crippen LogP) is 4.91. The van der Waals surface area contributed by atoms with E-state index in [1.165, 1.54) is 24.3 Å². The van der Waals surface area contributed by atoms with Crippen LogP contribution < -0.4 is 14.4 Å². The largest absolute Gasteiger partial charge is 0.573 e. The van der Waals surface area contributed by atoms with Gasteiger partial charge in [-0.25, -0.2) is 9.69 Å². The molecule has 0 bridgehead atoms. The Balaban J connectivity index is 2.02. The number of nitrogens with zero attached hydrogens (tertiary/aromatic N) is 1. The Bertz CT molecular complexity index is 950. The number of imide groups is 1. The van der Waals surface area contributed by atoms with Gasteiger partial charge in [-0.2, -0.15) is 0 Å². The van der Waals surface area contributed by atoms with Crippen LogP contribution in [-0.4, -0.2) is 30.6 Å². The molecule has 2 aromatic rings. The summed E-state index contributed by atoms with van der Waals surface area (Å²) in [5.74, 6) is -0.830. The van der Waals surface area contributed by atoms with Crippen LogP contribution >= 0.6 is 0 Å². The van der Waals surface area contributed by atoms with Crippen LogP contribution in [0, 0.1) is 0 Å². The second-order valence-electron chi connectivity index (χ2n) is 7.23. The van der Waals surface area contributed by atoms with E-state index in [0.717, 1.165) is 4.90 Å². The smallest absolute Gasteiger partial charge is 0.481 e. The molecule has 9 heteroatoms. The monoisotopic (exact) mass is 409 g/mol. The average Bonchev–Trinajstić information content (AvgIpc) is 2.58. The molecule has 2 aromatic carbocycles. The summed E-state index contributed by atoms with van der Waals surface area (Å²) in [6.45, 7) is 4.58. The zero-order valence-electron chi connectivity index (χ0n) is 15.9. The topological polar surface area (TPSA) is 65.1 Å². The molecule has 2 amide bonds. The molecule has 29 heavy (non-hydrogen) atoms. The van der Waals surface area contributed by atoms with Gasteiger partial charge in [-0.15, -0.1) is 13.2 Å². The molecule has 0 aromatic heterocycles. The van der Waals surface area contributed by atoms with Crippen molar-refractivity contribution in [2.24, 2.45) is 0 Å². The van der Waals surface area contributed by atoms with Crippen molar-refractivity contribution >= 4 is 17.7 Å². The molecule has 0 atom stereocenters. The number of para-hydroxylation sites is 1. The van der Waals surface area contributed by atoms with Gasteiger partial charge in [0, 0.05) is 5.56 Å². The number of carbonyl (C=O) groups is 2. The number of halogens is 3.